The highest BCUT2D eigenvalue weighted by atomic mass is 35.5. The first-order chi connectivity index (χ1) is 7.79. The second kappa shape index (κ2) is 5.24. The molecule has 0 aliphatic carbocycles. The van der Waals surface area contributed by atoms with Gasteiger partial charge < -0.3 is 4.90 Å². The third-order valence-corrected chi connectivity index (χ3v) is 3.40. The zero-order valence-electron chi connectivity index (χ0n) is 8.56. The highest BCUT2D eigenvalue weighted by Gasteiger charge is 2.19. The van der Waals surface area contributed by atoms with E-state index in [1.807, 2.05) is 6.07 Å². The van der Waals surface area contributed by atoms with E-state index < -0.39 is 0 Å². The number of pyridine rings is 1. The Morgan fingerprint density at radius 1 is 1.62 bits per heavy atom. The van der Waals surface area contributed by atoms with Gasteiger partial charge in [-0.1, -0.05) is 35.9 Å². The van der Waals surface area contributed by atoms with Crippen LogP contribution in [0.5, 0.6) is 0 Å². The predicted molar refractivity (Wildman–Crippen MR) is 68.4 cm³/mol. The van der Waals surface area contributed by atoms with E-state index in [1.165, 1.54) is 0 Å². The number of hydrogen-bond donors (Lipinski definition) is 0. The van der Waals surface area contributed by atoms with Crippen LogP contribution in [0.4, 0.5) is 0 Å². The van der Waals surface area contributed by atoms with Crippen LogP contribution < -0.4 is 0 Å². The lowest BCUT2D eigenvalue weighted by molar-refractivity contribution is 0.456. The van der Waals surface area contributed by atoms with E-state index in [4.69, 9.17) is 18.0 Å². The number of aromatic nitrogens is 1. The van der Waals surface area contributed by atoms with Crippen molar-refractivity contribution in [2.24, 2.45) is 4.99 Å². The standard InChI is InChI=1S/C11H10ClN3S/c1-2-13-11-15(5-6-16-11)8-9-3-4-10(12)14-7-9/h1,3-4,7H,5-6,8H2. The Morgan fingerprint density at radius 3 is 3.19 bits per heavy atom. The molecule has 0 unspecified atom stereocenters. The molecule has 0 saturated carbocycles. The Kier molecular flexibility index (Phi) is 3.70. The minimum Gasteiger partial charge on any atom is -0.345 e. The van der Waals surface area contributed by atoms with E-state index in [0.29, 0.717) is 5.15 Å². The summed E-state index contributed by atoms with van der Waals surface area (Å²) in [6, 6.07) is 6.08. The number of amidine groups is 1. The normalized spacial score (nSPS) is 17.8. The quantitative estimate of drug-likeness (QED) is 0.596. The molecular weight excluding hydrogens is 242 g/mol. The topological polar surface area (TPSA) is 28.5 Å². The van der Waals surface area contributed by atoms with Gasteiger partial charge in [0.05, 0.1) is 0 Å². The fourth-order valence-corrected chi connectivity index (χ4v) is 2.52. The summed E-state index contributed by atoms with van der Waals surface area (Å²) in [7, 11) is 0. The lowest BCUT2D eigenvalue weighted by atomic mass is 10.3. The van der Waals surface area contributed by atoms with Gasteiger partial charge in [0, 0.05) is 31.1 Å². The molecule has 0 N–H and O–H groups in total. The number of nitrogens with zero attached hydrogens (tertiary/aromatic N) is 3. The van der Waals surface area contributed by atoms with Gasteiger partial charge in [-0.2, -0.15) is 4.99 Å². The van der Waals surface area contributed by atoms with Crippen molar-refractivity contribution >= 4 is 28.5 Å². The molecule has 2 heterocycles. The molecule has 0 spiro atoms. The summed E-state index contributed by atoms with van der Waals surface area (Å²) in [6.07, 6.45) is 6.95. The highest BCUT2D eigenvalue weighted by molar-refractivity contribution is 8.14. The minimum absolute atomic E-state index is 0.511. The highest BCUT2D eigenvalue weighted by Crippen LogP contribution is 2.20. The van der Waals surface area contributed by atoms with Gasteiger partial charge in [0.1, 0.15) is 5.15 Å². The first-order valence-electron chi connectivity index (χ1n) is 4.81. The Bertz CT molecular complexity index is 436. The van der Waals surface area contributed by atoms with Crippen LogP contribution in [0.2, 0.25) is 5.15 Å². The third-order valence-electron chi connectivity index (χ3n) is 2.19. The summed E-state index contributed by atoms with van der Waals surface area (Å²) in [4.78, 5) is 10.2. The molecule has 0 aromatic carbocycles. The van der Waals surface area contributed by atoms with Crippen LogP contribution >= 0.6 is 23.4 Å². The largest absolute Gasteiger partial charge is 0.345 e. The lowest BCUT2D eigenvalue weighted by Gasteiger charge is -2.16. The second-order valence-corrected chi connectivity index (χ2v) is 4.73. The van der Waals surface area contributed by atoms with Crippen LogP contribution in [-0.4, -0.2) is 27.3 Å². The summed E-state index contributed by atoms with van der Waals surface area (Å²) in [6.45, 7) is 1.74. The van der Waals surface area contributed by atoms with E-state index in [9.17, 15) is 0 Å². The van der Waals surface area contributed by atoms with Crippen LogP contribution in [0, 0.1) is 12.5 Å². The molecule has 1 aromatic heterocycles. The number of hydrogen-bond acceptors (Lipinski definition) is 3. The average molecular weight is 252 g/mol. The number of terminal acetylenes is 1. The van der Waals surface area contributed by atoms with E-state index in [0.717, 1.165) is 29.6 Å². The maximum atomic E-state index is 5.73. The van der Waals surface area contributed by atoms with Gasteiger partial charge >= 0.3 is 0 Å². The van der Waals surface area contributed by atoms with Crippen molar-refractivity contribution in [2.45, 2.75) is 6.54 Å². The molecule has 5 heteroatoms. The lowest BCUT2D eigenvalue weighted by Crippen LogP contribution is -2.23. The molecule has 1 fully saturated rings. The Balaban J connectivity index is 2.07. The first kappa shape index (κ1) is 11.3. The molecule has 1 aliphatic rings. The van der Waals surface area contributed by atoms with E-state index in [2.05, 4.69) is 20.9 Å². The van der Waals surface area contributed by atoms with Gasteiger partial charge in [0.15, 0.2) is 5.17 Å². The molecule has 0 atom stereocenters. The molecule has 16 heavy (non-hydrogen) atoms. The molecule has 0 radical (unpaired) electrons. The molecule has 1 saturated heterocycles. The van der Waals surface area contributed by atoms with Crippen molar-refractivity contribution in [2.75, 3.05) is 12.3 Å². The summed E-state index contributed by atoms with van der Waals surface area (Å²) >= 11 is 7.41. The molecule has 0 bridgehead atoms. The van der Waals surface area contributed by atoms with Gasteiger partial charge in [-0.3, -0.25) is 0 Å². The summed E-state index contributed by atoms with van der Waals surface area (Å²) in [5.74, 6) is 1.03. The smallest absolute Gasteiger partial charge is 0.174 e. The molecule has 1 aromatic rings. The number of thioether (sulfide) groups is 1. The SMILES string of the molecule is C#CN=C1SCCN1Cc1ccc(Cl)nc1. The number of aliphatic imine (C=N–C) groups is 1. The van der Waals surface area contributed by atoms with Crippen molar-refractivity contribution in [3.05, 3.63) is 29.0 Å². The summed E-state index contributed by atoms with van der Waals surface area (Å²) in [5.41, 5.74) is 1.11. The second-order valence-electron chi connectivity index (χ2n) is 3.28. The van der Waals surface area contributed by atoms with Crippen molar-refractivity contribution in [1.29, 1.82) is 0 Å². The number of halogens is 1. The fourth-order valence-electron chi connectivity index (χ4n) is 1.46. The van der Waals surface area contributed by atoms with Crippen LogP contribution in [0.25, 0.3) is 0 Å². The Labute approximate surface area is 104 Å². The van der Waals surface area contributed by atoms with E-state index in [1.54, 1.807) is 24.0 Å². The Hall–Kier alpha value is -1.18. The van der Waals surface area contributed by atoms with Gasteiger partial charge in [-0.05, 0) is 11.6 Å². The molecule has 3 nitrogen and oxygen atoms in total. The van der Waals surface area contributed by atoms with Gasteiger partial charge in [-0.25, -0.2) is 4.98 Å². The van der Waals surface area contributed by atoms with Gasteiger partial charge in [0.25, 0.3) is 0 Å². The maximum Gasteiger partial charge on any atom is 0.174 e. The Morgan fingerprint density at radius 2 is 2.50 bits per heavy atom. The van der Waals surface area contributed by atoms with E-state index in [-0.39, 0.29) is 0 Å². The monoisotopic (exact) mass is 251 g/mol. The van der Waals surface area contributed by atoms with Crippen molar-refractivity contribution in [3.63, 3.8) is 0 Å². The van der Waals surface area contributed by atoms with Crippen LogP contribution in [0.1, 0.15) is 5.56 Å². The maximum absolute atomic E-state index is 5.73. The zero-order valence-corrected chi connectivity index (χ0v) is 10.1. The van der Waals surface area contributed by atoms with Crippen molar-refractivity contribution in [1.82, 2.24) is 9.88 Å². The summed E-state index contributed by atoms with van der Waals surface area (Å²) in [5, 5.41) is 1.43. The fraction of sp³-hybridized carbons (Fsp3) is 0.273. The molecule has 82 valence electrons. The van der Waals surface area contributed by atoms with Crippen molar-refractivity contribution in [3.8, 4) is 12.5 Å². The number of rotatable bonds is 2. The summed E-state index contributed by atoms with van der Waals surface area (Å²) < 4.78 is 0. The van der Waals surface area contributed by atoms with Crippen molar-refractivity contribution < 1.29 is 0 Å². The minimum atomic E-state index is 0.511. The molecule has 1 aliphatic heterocycles. The van der Waals surface area contributed by atoms with Crippen LogP contribution in [0.3, 0.4) is 0 Å². The zero-order chi connectivity index (χ0) is 11.4. The predicted octanol–water partition coefficient (Wildman–Crippen LogP) is 2.23. The molecular formula is C11H10ClN3S. The van der Waals surface area contributed by atoms with Crippen LogP contribution in [0.15, 0.2) is 23.3 Å². The van der Waals surface area contributed by atoms with Gasteiger partial charge in [0.2, 0.25) is 0 Å². The van der Waals surface area contributed by atoms with Crippen LogP contribution in [-0.2, 0) is 6.54 Å². The van der Waals surface area contributed by atoms with Gasteiger partial charge in [-0.15, -0.1) is 0 Å². The molecule has 2 rings (SSSR count). The average Bonchev–Trinajstić information content (AvgIpc) is 2.70. The first-order valence-corrected chi connectivity index (χ1v) is 6.17. The molecule has 0 amide bonds. The van der Waals surface area contributed by atoms with E-state index >= 15 is 0 Å². The third kappa shape index (κ3) is 2.69.